The number of hydrogen-bond donors (Lipinski definition) is 3. The maximum atomic E-state index is 10.4. The molecule has 1 amide bonds. The topological polar surface area (TPSA) is 53.2 Å². The molecule has 0 bridgehead atoms. The monoisotopic (exact) mass is 159 g/mol. The van der Waals surface area contributed by atoms with Gasteiger partial charge >= 0.3 is 0 Å². The molecule has 0 saturated heterocycles. The van der Waals surface area contributed by atoms with Crippen LogP contribution in [0, 0.1) is 0 Å². The Bertz CT molecular complexity index is 106. The Hall–Kier alpha value is -0.610. The zero-order valence-electron chi connectivity index (χ0n) is 7.24. The molecule has 66 valence electrons. The Morgan fingerprint density at radius 3 is 2.36 bits per heavy atom. The Morgan fingerprint density at radius 1 is 1.18 bits per heavy atom. The molecule has 0 heterocycles. The third-order valence-corrected chi connectivity index (χ3v) is 1.23. The third-order valence-electron chi connectivity index (χ3n) is 1.23. The molecule has 0 radical (unpaired) electrons. The lowest BCUT2D eigenvalue weighted by Gasteiger charge is -2.03. The summed E-state index contributed by atoms with van der Waals surface area (Å²) < 4.78 is 0. The summed E-state index contributed by atoms with van der Waals surface area (Å²) in [5, 5.41) is 8.88. The molecule has 0 saturated carbocycles. The minimum atomic E-state index is 0.0282. The van der Waals surface area contributed by atoms with E-state index in [1.165, 1.54) is 6.92 Å². The fourth-order valence-corrected chi connectivity index (χ4v) is 0.665. The van der Waals surface area contributed by atoms with E-state index in [2.05, 4.69) is 16.0 Å². The molecule has 0 aliphatic carbocycles. The van der Waals surface area contributed by atoms with E-state index in [1.54, 1.807) is 0 Å². The van der Waals surface area contributed by atoms with E-state index in [-0.39, 0.29) is 5.91 Å². The van der Waals surface area contributed by atoms with E-state index in [0.717, 1.165) is 19.6 Å². The number of carbonyl (C=O) groups is 1. The molecule has 0 aliphatic heterocycles. The molecule has 0 fully saturated rings. The highest BCUT2D eigenvalue weighted by molar-refractivity contribution is 5.72. The lowest BCUT2D eigenvalue weighted by atomic mass is 10.5. The van der Waals surface area contributed by atoms with E-state index < -0.39 is 0 Å². The van der Waals surface area contributed by atoms with Crippen molar-refractivity contribution in [2.45, 2.75) is 6.92 Å². The van der Waals surface area contributed by atoms with Gasteiger partial charge in [0.25, 0.3) is 0 Å². The van der Waals surface area contributed by atoms with Crippen LogP contribution in [0.5, 0.6) is 0 Å². The van der Waals surface area contributed by atoms with Gasteiger partial charge in [-0.2, -0.15) is 0 Å². The van der Waals surface area contributed by atoms with Gasteiger partial charge in [0.1, 0.15) is 0 Å². The highest BCUT2D eigenvalue weighted by Gasteiger charge is 1.88. The van der Waals surface area contributed by atoms with Crippen LogP contribution in [0.3, 0.4) is 0 Å². The van der Waals surface area contributed by atoms with Crippen molar-refractivity contribution in [1.82, 2.24) is 16.0 Å². The first-order valence-electron chi connectivity index (χ1n) is 3.87. The van der Waals surface area contributed by atoms with Gasteiger partial charge in [-0.15, -0.1) is 0 Å². The molecule has 0 unspecified atom stereocenters. The smallest absolute Gasteiger partial charge is 0.216 e. The standard InChI is InChI=1S/C7H17N3O/c1-7(11)10-6-5-9-4-3-8-2/h8-9H,3-6H2,1-2H3,(H,10,11). The lowest BCUT2D eigenvalue weighted by molar-refractivity contribution is -0.118. The van der Waals surface area contributed by atoms with Crippen LogP contribution in [0.2, 0.25) is 0 Å². The second-order valence-electron chi connectivity index (χ2n) is 2.34. The lowest BCUT2D eigenvalue weighted by Crippen LogP contribution is -2.33. The van der Waals surface area contributed by atoms with Crippen molar-refractivity contribution in [2.75, 3.05) is 33.2 Å². The van der Waals surface area contributed by atoms with Crippen molar-refractivity contribution in [3.8, 4) is 0 Å². The second-order valence-corrected chi connectivity index (χ2v) is 2.34. The average molecular weight is 159 g/mol. The van der Waals surface area contributed by atoms with Crippen LogP contribution >= 0.6 is 0 Å². The number of likely N-dealkylation sites (N-methyl/N-ethyl adjacent to an activating group) is 1. The van der Waals surface area contributed by atoms with Gasteiger partial charge in [0.15, 0.2) is 0 Å². The first kappa shape index (κ1) is 10.4. The zero-order valence-corrected chi connectivity index (χ0v) is 7.24. The maximum absolute atomic E-state index is 10.4. The van der Waals surface area contributed by atoms with Crippen molar-refractivity contribution in [2.24, 2.45) is 0 Å². The predicted molar refractivity (Wildman–Crippen MR) is 45.5 cm³/mol. The van der Waals surface area contributed by atoms with Crippen LogP contribution in [0.25, 0.3) is 0 Å². The summed E-state index contributed by atoms with van der Waals surface area (Å²) in [6.07, 6.45) is 0. The highest BCUT2D eigenvalue weighted by Crippen LogP contribution is 1.61. The largest absolute Gasteiger partial charge is 0.355 e. The van der Waals surface area contributed by atoms with Crippen molar-refractivity contribution < 1.29 is 4.79 Å². The van der Waals surface area contributed by atoms with Crippen LogP contribution < -0.4 is 16.0 Å². The summed E-state index contributed by atoms with van der Waals surface area (Å²) in [5.41, 5.74) is 0. The van der Waals surface area contributed by atoms with E-state index in [0.29, 0.717) is 6.54 Å². The maximum Gasteiger partial charge on any atom is 0.216 e. The summed E-state index contributed by atoms with van der Waals surface area (Å²) in [7, 11) is 1.91. The normalized spacial score (nSPS) is 9.64. The first-order valence-corrected chi connectivity index (χ1v) is 3.87. The molecule has 0 aromatic carbocycles. The van der Waals surface area contributed by atoms with Crippen LogP contribution in [0.1, 0.15) is 6.92 Å². The summed E-state index contributed by atoms with van der Waals surface area (Å²) in [4.78, 5) is 10.4. The van der Waals surface area contributed by atoms with Crippen molar-refractivity contribution in [3.63, 3.8) is 0 Å². The molecule has 0 atom stereocenters. The SMILES string of the molecule is CNCCNCCNC(C)=O. The Labute approximate surface area is 67.7 Å². The summed E-state index contributed by atoms with van der Waals surface area (Å²) in [6.45, 7) is 4.96. The van der Waals surface area contributed by atoms with E-state index in [4.69, 9.17) is 0 Å². The minimum absolute atomic E-state index is 0.0282. The fourth-order valence-electron chi connectivity index (χ4n) is 0.665. The molecule has 4 nitrogen and oxygen atoms in total. The number of nitrogens with one attached hydrogen (secondary N) is 3. The number of rotatable bonds is 6. The van der Waals surface area contributed by atoms with Crippen LogP contribution in [0.4, 0.5) is 0 Å². The summed E-state index contributed by atoms with van der Waals surface area (Å²) >= 11 is 0. The van der Waals surface area contributed by atoms with Crippen LogP contribution in [-0.2, 0) is 4.79 Å². The molecule has 0 aromatic rings. The quantitative estimate of drug-likeness (QED) is 0.433. The van der Waals surface area contributed by atoms with Crippen LogP contribution in [-0.4, -0.2) is 39.1 Å². The molecule has 0 spiro atoms. The first-order chi connectivity index (χ1) is 5.27. The molecular formula is C7H17N3O. The Morgan fingerprint density at radius 2 is 1.82 bits per heavy atom. The molecule has 0 aliphatic rings. The summed E-state index contributed by atoms with van der Waals surface area (Å²) in [5.74, 6) is 0.0282. The minimum Gasteiger partial charge on any atom is -0.355 e. The van der Waals surface area contributed by atoms with Crippen molar-refractivity contribution >= 4 is 5.91 Å². The van der Waals surface area contributed by atoms with E-state index >= 15 is 0 Å². The fraction of sp³-hybridized carbons (Fsp3) is 0.857. The average Bonchev–Trinajstić information content (AvgIpc) is 1.96. The summed E-state index contributed by atoms with van der Waals surface area (Å²) in [6, 6.07) is 0. The number of amides is 1. The Balaban J connectivity index is 2.85. The predicted octanol–water partition coefficient (Wildman–Crippen LogP) is -1.07. The van der Waals surface area contributed by atoms with E-state index in [1.807, 2.05) is 7.05 Å². The van der Waals surface area contributed by atoms with Gasteiger partial charge in [-0.25, -0.2) is 0 Å². The zero-order chi connectivity index (χ0) is 8.53. The molecular weight excluding hydrogens is 142 g/mol. The molecule has 4 heteroatoms. The number of hydrogen-bond acceptors (Lipinski definition) is 3. The van der Waals surface area contributed by atoms with Gasteiger partial charge in [0.05, 0.1) is 0 Å². The van der Waals surface area contributed by atoms with Crippen LogP contribution in [0.15, 0.2) is 0 Å². The molecule has 0 aromatic heterocycles. The van der Waals surface area contributed by atoms with Gasteiger partial charge in [0, 0.05) is 33.1 Å². The Kier molecular flexibility index (Phi) is 7.08. The van der Waals surface area contributed by atoms with Gasteiger partial charge in [0.2, 0.25) is 5.91 Å². The van der Waals surface area contributed by atoms with Crippen molar-refractivity contribution in [1.29, 1.82) is 0 Å². The number of carbonyl (C=O) groups excluding carboxylic acids is 1. The van der Waals surface area contributed by atoms with Gasteiger partial charge in [-0.3, -0.25) is 4.79 Å². The van der Waals surface area contributed by atoms with Crippen molar-refractivity contribution in [3.05, 3.63) is 0 Å². The van der Waals surface area contributed by atoms with Gasteiger partial charge < -0.3 is 16.0 Å². The molecule has 11 heavy (non-hydrogen) atoms. The third kappa shape index (κ3) is 9.39. The molecule has 3 N–H and O–H groups in total. The van der Waals surface area contributed by atoms with Gasteiger partial charge in [-0.1, -0.05) is 0 Å². The molecule has 0 rings (SSSR count). The van der Waals surface area contributed by atoms with E-state index in [9.17, 15) is 4.79 Å². The second kappa shape index (κ2) is 7.50. The van der Waals surface area contributed by atoms with Gasteiger partial charge in [-0.05, 0) is 7.05 Å². The highest BCUT2D eigenvalue weighted by atomic mass is 16.1.